The molecule has 0 fully saturated rings. The van der Waals surface area contributed by atoms with E-state index in [1.807, 2.05) is 12.1 Å². The number of nitrogens with one attached hydrogen (secondary N) is 1. The van der Waals surface area contributed by atoms with Crippen molar-refractivity contribution in [2.75, 3.05) is 11.5 Å². The first kappa shape index (κ1) is 22.3. The average molecular weight is 499 g/mol. The minimum absolute atomic E-state index is 0.0755. The molecular formula is C24H20Cl2N4O4. The number of halogens is 2. The van der Waals surface area contributed by atoms with Crippen LogP contribution in [-0.4, -0.2) is 28.7 Å². The zero-order chi connectivity index (χ0) is 24.2. The molecule has 5 rings (SSSR count). The van der Waals surface area contributed by atoms with Crippen molar-refractivity contribution in [2.24, 2.45) is 5.73 Å². The Balaban J connectivity index is 1.78. The van der Waals surface area contributed by atoms with Crippen LogP contribution in [0.5, 0.6) is 5.88 Å². The molecule has 0 saturated carbocycles. The molecule has 3 aromatic rings. The molecule has 2 aromatic carbocycles. The third-order valence-electron chi connectivity index (χ3n) is 6.10. The highest BCUT2D eigenvalue weighted by Crippen LogP contribution is 2.56. The third kappa shape index (κ3) is 3.02. The van der Waals surface area contributed by atoms with E-state index < -0.39 is 11.4 Å². The second-order valence-electron chi connectivity index (χ2n) is 7.98. The van der Waals surface area contributed by atoms with Gasteiger partial charge in [-0.25, -0.2) is 4.79 Å². The van der Waals surface area contributed by atoms with Crippen LogP contribution >= 0.6 is 23.2 Å². The molecule has 1 spiro atoms. The Labute approximate surface area is 205 Å². The number of hydrogen-bond donors (Lipinski definition) is 2. The summed E-state index contributed by atoms with van der Waals surface area (Å²) in [6.45, 7) is 3.69. The lowest BCUT2D eigenvalue weighted by molar-refractivity contribution is -0.140. The first-order valence-corrected chi connectivity index (χ1v) is 11.3. The average Bonchev–Trinajstić information content (AvgIpc) is 3.27. The lowest BCUT2D eigenvalue weighted by Crippen LogP contribution is -2.48. The number of aryl methyl sites for hydroxylation is 1. The number of amides is 1. The molecular weight excluding hydrogens is 479 g/mol. The molecule has 0 bridgehead atoms. The molecule has 2 aliphatic rings. The highest BCUT2D eigenvalue weighted by molar-refractivity contribution is 6.35. The van der Waals surface area contributed by atoms with Crippen molar-refractivity contribution in [1.29, 1.82) is 0 Å². The maximum Gasteiger partial charge on any atom is 0.341 e. The molecule has 0 radical (unpaired) electrons. The Morgan fingerprint density at radius 1 is 1.26 bits per heavy atom. The lowest BCUT2D eigenvalue weighted by atomic mass is 9.68. The maximum atomic E-state index is 14.5. The number of esters is 1. The molecule has 8 nitrogen and oxygen atoms in total. The Kier molecular flexibility index (Phi) is 5.30. The quantitative estimate of drug-likeness (QED) is 0.526. The molecule has 3 heterocycles. The summed E-state index contributed by atoms with van der Waals surface area (Å²) < 4.78 is 11.0. The molecule has 1 atom stereocenters. The van der Waals surface area contributed by atoms with E-state index in [2.05, 4.69) is 10.2 Å². The Morgan fingerprint density at radius 2 is 2.03 bits per heavy atom. The summed E-state index contributed by atoms with van der Waals surface area (Å²) in [6.07, 6.45) is 0. The first-order chi connectivity index (χ1) is 16.3. The normalized spacial score (nSPS) is 18.7. The van der Waals surface area contributed by atoms with Gasteiger partial charge >= 0.3 is 5.97 Å². The van der Waals surface area contributed by atoms with Crippen molar-refractivity contribution in [3.63, 3.8) is 0 Å². The maximum absolute atomic E-state index is 14.5. The minimum atomic E-state index is -1.60. The van der Waals surface area contributed by atoms with E-state index in [0.29, 0.717) is 38.1 Å². The van der Waals surface area contributed by atoms with Crippen molar-refractivity contribution in [1.82, 2.24) is 10.2 Å². The SMILES string of the molecule is CCOC(=O)C1=C(N)Oc2n[nH]c(C)c2C12C(=O)N(Cc1ccc(Cl)cc1Cl)c1ccccc12. The number of hydrogen-bond acceptors (Lipinski definition) is 6. The number of para-hydroxylation sites is 1. The molecule has 2 aliphatic heterocycles. The number of anilines is 1. The van der Waals surface area contributed by atoms with Gasteiger partial charge in [-0.3, -0.25) is 9.89 Å². The predicted molar refractivity (Wildman–Crippen MR) is 127 cm³/mol. The van der Waals surface area contributed by atoms with Gasteiger partial charge in [-0.05, 0) is 37.6 Å². The van der Waals surface area contributed by atoms with E-state index in [1.54, 1.807) is 49.1 Å². The second-order valence-corrected chi connectivity index (χ2v) is 8.83. The number of nitrogens with zero attached hydrogens (tertiary/aromatic N) is 2. The van der Waals surface area contributed by atoms with Gasteiger partial charge in [0.15, 0.2) is 0 Å². The van der Waals surface area contributed by atoms with Gasteiger partial charge in [-0.2, -0.15) is 0 Å². The summed E-state index contributed by atoms with van der Waals surface area (Å²) in [6, 6.07) is 12.3. The number of rotatable bonds is 4. The van der Waals surface area contributed by atoms with Crippen LogP contribution in [0.1, 0.15) is 29.3 Å². The number of aromatic nitrogens is 2. The van der Waals surface area contributed by atoms with E-state index in [0.717, 1.165) is 0 Å². The van der Waals surface area contributed by atoms with Gasteiger partial charge in [0, 0.05) is 27.0 Å². The van der Waals surface area contributed by atoms with Crippen molar-refractivity contribution in [3.8, 4) is 5.88 Å². The van der Waals surface area contributed by atoms with E-state index in [1.165, 1.54) is 0 Å². The topological polar surface area (TPSA) is 111 Å². The molecule has 1 unspecified atom stereocenters. The van der Waals surface area contributed by atoms with Gasteiger partial charge in [-0.15, -0.1) is 5.10 Å². The summed E-state index contributed by atoms with van der Waals surface area (Å²) in [7, 11) is 0. The number of fused-ring (bicyclic) bond motifs is 4. The first-order valence-electron chi connectivity index (χ1n) is 10.6. The van der Waals surface area contributed by atoms with Crippen LogP contribution in [0.3, 0.4) is 0 Å². The van der Waals surface area contributed by atoms with Crippen LogP contribution in [0, 0.1) is 6.92 Å². The van der Waals surface area contributed by atoms with Crippen molar-refractivity contribution >= 4 is 40.8 Å². The molecule has 0 saturated heterocycles. The molecule has 1 aromatic heterocycles. The van der Waals surface area contributed by atoms with Crippen LogP contribution in [0.2, 0.25) is 10.0 Å². The fourth-order valence-electron chi connectivity index (χ4n) is 4.76. The van der Waals surface area contributed by atoms with Crippen LogP contribution < -0.4 is 15.4 Å². The number of aromatic amines is 1. The van der Waals surface area contributed by atoms with Crippen LogP contribution in [-0.2, 0) is 26.3 Å². The Morgan fingerprint density at radius 3 is 2.76 bits per heavy atom. The highest BCUT2D eigenvalue weighted by Gasteiger charge is 2.62. The predicted octanol–water partition coefficient (Wildman–Crippen LogP) is 3.98. The number of carbonyl (C=O) groups is 2. The van der Waals surface area contributed by atoms with Crippen LogP contribution in [0.25, 0.3) is 0 Å². The Bertz CT molecular complexity index is 1380. The summed E-state index contributed by atoms with van der Waals surface area (Å²) in [4.78, 5) is 29.3. The van der Waals surface area contributed by atoms with Crippen molar-refractivity contribution in [3.05, 3.63) is 86.4 Å². The van der Waals surface area contributed by atoms with E-state index in [4.69, 9.17) is 38.4 Å². The van der Waals surface area contributed by atoms with Crippen LogP contribution in [0.4, 0.5) is 5.69 Å². The summed E-state index contributed by atoms with van der Waals surface area (Å²) in [5.41, 5.74) is 7.44. The van der Waals surface area contributed by atoms with E-state index in [-0.39, 0.29) is 36.4 Å². The molecule has 10 heteroatoms. The van der Waals surface area contributed by atoms with Crippen molar-refractivity contribution in [2.45, 2.75) is 25.8 Å². The van der Waals surface area contributed by atoms with Crippen molar-refractivity contribution < 1.29 is 19.1 Å². The summed E-state index contributed by atoms with van der Waals surface area (Å²) in [5, 5.41) is 7.95. The van der Waals surface area contributed by atoms with Gasteiger partial charge in [-0.1, -0.05) is 47.5 Å². The summed E-state index contributed by atoms with van der Waals surface area (Å²) in [5.74, 6) is -1.22. The molecule has 0 aliphatic carbocycles. The second kappa shape index (κ2) is 8.07. The summed E-state index contributed by atoms with van der Waals surface area (Å²) >= 11 is 12.5. The van der Waals surface area contributed by atoms with Crippen LogP contribution in [0.15, 0.2) is 53.9 Å². The van der Waals surface area contributed by atoms with Gasteiger partial charge in [0.2, 0.25) is 17.7 Å². The zero-order valence-electron chi connectivity index (χ0n) is 18.3. The van der Waals surface area contributed by atoms with Gasteiger partial charge in [0.1, 0.15) is 11.0 Å². The minimum Gasteiger partial charge on any atom is -0.462 e. The standard InChI is InChI=1S/C24H20Cl2N4O4/c1-3-33-22(31)19-20(27)34-21-18(12(2)28-29-21)24(19)15-6-4-5-7-17(15)30(23(24)32)11-13-8-9-14(25)10-16(13)26/h4-10H,3,11,27H2,1-2H3,(H,28,29). The van der Waals surface area contributed by atoms with E-state index >= 15 is 0 Å². The molecule has 34 heavy (non-hydrogen) atoms. The molecule has 1 amide bonds. The number of nitrogens with two attached hydrogens (primary N) is 1. The van der Waals surface area contributed by atoms with Gasteiger partial charge in [0.25, 0.3) is 0 Å². The number of ether oxygens (including phenoxy) is 2. The van der Waals surface area contributed by atoms with Gasteiger partial charge in [0.05, 0.1) is 18.7 Å². The third-order valence-corrected chi connectivity index (χ3v) is 6.69. The molecule has 3 N–H and O–H groups in total. The fraction of sp³-hybridized carbons (Fsp3) is 0.208. The van der Waals surface area contributed by atoms with E-state index in [9.17, 15) is 9.59 Å². The molecule has 174 valence electrons. The largest absolute Gasteiger partial charge is 0.462 e. The van der Waals surface area contributed by atoms with Gasteiger partial charge < -0.3 is 20.1 Å². The number of carbonyl (C=O) groups excluding carboxylic acids is 2. The lowest BCUT2D eigenvalue weighted by Gasteiger charge is -2.34. The zero-order valence-corrected chi connectivity index (χ0v) is 19.8. The fourth-order valence-corrected chi connectivity index (χ4v) is 5.23. The smallest absolute Gasteiger partial charge is 0.341 e. The Hall–Kier alpha value is -3.49. The monoisotopic (exact) mass is 498 g/mol. The number of H-pyrrole nitrogens is 1. The highest BCUT2D eigenvalue weighted by atomic mass is 35.5. The number of benzene rings is 2.